The molecule has 0 amide bonds. The second-order valence-corrected chi connectivity index (χ2v) is 4.99. The number of aliphatic hydroxyl groups excluding tert-OH is 1. The number of allylic oxidation sites excluding steroid dienone is 2. The van der Waals surface area contributed by atoms with Crippen molar-refractivity contribution in [1.29, 1.82) is 0 Å². The summed E-state index contributed by atoms with van der Waals surface area (Å²) >= 11 is 0. The molecular formula is C15H22O3. The van der Waals surface area contributed by atoms with E-state index in [1.165, 1.54) is 12.8 Å². The molecule has 100 valence electrons. The molecule has 1 aliphatic carbocycles. The van der Waals surface area contributed by atoms with Crippen LogP contribution < -0.4 is 0 Å². The van der Waals surface area contributed by atoms with Gasteiger partial charge in [0.05, 0.1) is 0 Å². The third-order valence-electron chi connectivity index (χ3n) is 3.23. The number of carboxylic acid groups (broad SMARTS) is 1. The molecule has 0 aliphatic heterocycles. The zero-order valence-corrected chi connectivity index (χ0v) is 10.9. The van der Waals surface area contributed by atoms with E-state index in [-0.39, 0.29) is 0 Å². The predicted octanol–water partition coefficient (Wildman–Crippen LogP) is 2.60. The fourth-order valence-electron chi connectivity index (χ4n) is 2.15. The van der Waals surface area contributed by atoms with Gasteiger partial charge >= 0.3 is 5.97 Å². The minimum Gasteiger partial charge on any atom is -0.481 e. The summed E-state index contributed by atoms with van der Waals surface area (Å²) in [5, 5.41) is 17.4. The smallest absolute Gasteiger partial charge is 0.303 e. The molecule has 0 heterocycles. The molecule has 0 bridgehead atoms. The Labute approximate surface area is 109 Å². The highest BCUT2D eigenvalue weighted by Crippen LogP contribution is 2.45. The van der Waals surface area contributed by atoms with Crippen LogP contribution in [0.5, 0.6) is 0 Å². The molecule has 3 heteroatoms. The molecule has 18 heavy (non-hydrogen) atoms. The lowest BCUT2D eigenvalue weighted by Crippen LogP contribution is -1.94. The quantitative estimate of drug-likeness (QED) is 0.683. The normalized spacial score (nSPS) is 23.4. The monoisotopic (exact) mass is 250 g/mol. The zero-order valence-electron chi connectivity index (χ0n) is 10.9. The van der Waals surface area contributed by atoms with Gasteiger partial charge in [-0.05, 0) is 56.9 Å². The van der Waals surface area contributed by atoms with Crippen molar-refractivity contribution >= 4 is 5.97 Å². The van der Waals surface area contributed by atoms with Gasteiger partial charge < -0.3 is 10.2 Å². The van der Waals surface area contributed by atoms with E-state index in [1.54, 1.807) is 13.0 Å². The van der Waals surface area contributed by atoms with Gasteiger partial charge in [0.25, 0.3) is 0 Å². The first-order valence-corrected chi connectivity index (χ1v) is 6.65. The number of rotatable bonds is 7. The lowest BCUT2D eigenvalue weighted by atomic mass is 10.1. The van der Waals surface area contributed by atoms with E-state index in [2.05, 4.69) is 11.8 Å². The highest BCUT2D eigenvalue weighted by molar-refractivity contribution is 5.66. The minimum absolute atomic E-state index is 0.304. The molecule has 1 fully saturated rings. The van der Waals surface area contributed by atoms with Gasteiger partial charge in [-0.15, -0.1) is 0 Å². The van der Waals surface area contributed by atoms with Crippen LogP contribution in [0.4, 0.5) is 0 Å². The Morgan fingerprint density at radius 2 is 2.17 bits per heavy atom. The van der Waals surface area contributed by atoms with E-state index >= 15 is 0 Å². The zero-order chi connectivity index (χ0) is 13.4. The van der Waals surface area contributed by atoms with Gasteiger partial charge in [-0.1, -0.05) is 17.9 Å². The second kappa shape index (κ2) is 7.94. The molecule has 3 unspecified atom stereocenters. The molecule has 3 atom stereocenters. The Bertz CT molecular complexity index is 346. The number of carbonyl (C=O) groups is 1. The average molecular weight is 250 g/mol. The predicted molar refractivity (Wildman–Crippen MR) is 70.9 cm³/mol. The van der Waals surface area contributed by atoms with Gasteiger partial charge in [-0.25, -0.2) is 0 Å². The van der Waals surface area contributed by atoms with Crippen molar-refractivity contribution in [3.05, 3.63) is 12.2 Å². The van der Waals surface area contributed by atoms with Crippen LogP contribution in [0.3, 0.4) is 0 Å². The fraction of sp³-hybridized carbons (Fsp3) is 0.667. The first-order valence-electron chi connectivity index (χ1n) is 6.65. The summed E-state index contributed by atoms with van der Waals surface area (Å²) in [6, 6.07) is 0. The number of hydrogen-bond acceptors (Lipinski definition) is 2. The van der Waals surface area contributed by atoms with E-state index < -0.39 is 12.1 Å². The van der Waals surface area contributed by atoms with Gasteiger partial charge in [0.1, 0.15) is 6.10 Å². The number of hydrogen-bond donors (Lipinski definition) is 2. The summed E-state index contributed by atoms with van der Waals surface area (Å²) in [5.74, 6) is 6.30. The lowest BCUT2D eigenvalue weighted by molar-refractivity contribution is -0.137. The van der Waals surface area contributed by atoms with Crippen LogP contribution in [0, 0.1) is 23.7 Å². The van der Waals surface area contributed by atoms with Crippen molar-refractivity contribution < 1.29 is 15.0 Å². The Morgan fingerprint density at radius 1 is 1.44 bits per heavy atom. The molecule has 0 aromatic heterocycles. The maximum atomic E-state index is 10.4. The van der Waals surface area contributed by atoms with Gasteiger partial charge in [0.15, 0.2) is 0 Å². The third kappa shape index (κ3) is 7.13. The fourth-order valence-corrected chi connectivity index (χ4v) is 2.15. The summed E-state index contributed by atoms with van der Waals surface area (Å²) < 4.78 is 0. The molecular weight excluding hydrogens is 228 g/mol. The number of carboxylic acids is 1. The van der Waals surface area contributed by atoms with E-state index in [4.69, 9.17) is 10.2 Å². The summed E-state index contributed by atoms with van der Waals surface area (Å²) in [4.78, 5) is 10.4. The first kappa shape index (κ1) is 14.8. The maximum absolute atomic E-state index is 10.4. The van der Waals surface area contributed by atoms with Crippen molar-refractivity contribution in [2.24, 2.45) is 11.8 Å². The molecule has 0 aromatic rings. The van der Waals surface area contributed by atoms with E-state index in [1.807, 2.05) is 6.08 Å². The van der Waals surface area contributed by atoms with E-state index in [0.717, 1.165) is 31.1 Å². The van der Waals surface area contributed by atoms with Crippen molar-refractivity contribution in [2.45, 2.75) is 51.6 Å². The van der Waals surface area contributed by atoms with Crippen LogP contribution in [-0.4, -0.2) is 22.3 Å². The summed E-state index contributed by atoms with van der Waals surface area (Å²) in [7, 11) is 0. The molecule has 0 aromatic carbocycles. The topological polar surface area (TPSA) is 57.5 Å². The Morgan fingerprint density at radius 3 is 2.83 bits per heavy atom. The van der Waals surface area contributed by atoms with Crippen molar-refractivity contribution in [3.63, 3.8) is 0 Å². The molecule has 1 saturated carbocycles. The Kier molecular flexibility index (Phi) is 6.53. The molecule has 3 nitrogen and oxygen atoms in total. The standard InChI is InChI=1S/C15H22O3/c1-12(16)7-4-2-3-5-8-13-11-14(13)9-6-10-15(17)18/h2-3,12-14,16H,5-6,8-11H2,1H3,(H,17,18)/b3-2+. The van der Waals surface area contributed by atoms with Gasteiger partial charge in [-0.2, -0.15) is 0 Å². The number of aliphatic carboxylic acids is 1. The second-order valence-electron chi connectivity index (χ2n) is 4.99. The van der Waals surface area contributed by atoms with Gasteiger partial charge in [0.2, 0.25) is 0 Å². The highest BCUT2D eigenvalue weighted by atomic mass is 16.4. The minimum atomic E-state index is -0.688. The van der Waals surface area contributed by atoms with Crippen LogP contribution in [0.15, 0.2) is 12.2 Å². The largest absolute Gasteiger partial charge is 0.481 e. The molecule has 1 aliphatic rings. The molecule has 2 N–H and O–H groups in total. The third-order valence-corrected chi connectivity index (χ3v) is 3.23. The molecule has 0 spiro atoms. The Hall–Kier alpha value is -1.27. The average Bonchev–Trinajstić information content (AvgIpc) is 3.01. The summed E-state index contributed by atoms with van der Waals surface area (Å²) in [6.45, 7) is 1.65. The van der Waals surface area contributed by atoms with Crippen molar-refractivity contribution in [2.75, 3.05) is 0 Å². The van der Waals surface area contributed by atoms with Crippen LogP contribution in [-0.2, 0) is 4.79 Å². The van der Waals surface area contributed by atoms with Gasteiger partial charge in [0, 0.05) is 6.42 Å². The molecule has 0 saturated heterocycles. The summed E-state index contributed by atoms with van der Waals surface area (Å²) in [6.07, 6.45) is 8.91. The van der Waals surface area contributed by atoms with Crippen molar-refractivity contribution in [3.8, 4) is 11.8 Å². The lowest BCUT2D eigenvalue weighted by Gasteiger charge is -1.97. The molecule has 0 radical (unpaired) electrons. The molecule has 1 rings (SSSR count). The van der Waals surface area contributed by atoms with Crippen LogP contribution >= 0.6 is 0 Å². The Balaban J connectivity index is 2.00. The van der Waals surface area contributed by atoms with E-state index in [9.17, 15) is 4.79 Å². The van der Waals surface area contributed by atoms with E-state index in [0.29, 0.717) is 6.42 Å². The van der Waals surface area contributed by atoms with Crippen LogP contribution in [0.1, 0.15) is 45.4 Å². The number of aliphatic hydroxyl groups is 1. The first-order chi connectivity index (χ1) is 8.59. The maximum Gasteiger partial charge on any atom is 0.303 e. The SMILES string of the molecule is CC(O)C#C/C=C/CCC1CC1CCCC(=O)O. The van der Waals surface area contributed by atoms with Crippen molar-refractivity contribution in [1.82, 2.24) is 0 Å². The van der Waals surface area contributed by atoms with Crippen LogP contribution in [0.2, 0.25) is 0 Å². The van der Waals surface area contributed by atoms with Gasteiger partial charge in [-0.3, -0.25) is 4.79 Å². The highest BCUT2D eigenvalue weighted by Gasteiger charge is 2.35. The van der Waals surface area contributed by atoms with Crippen LogP contribution in [0.25, 0.3) is 0 Å². The summed E-state index contributed by atoms with van der Waals surface area (Å²) in [5.41, 5.74) is 0.